The van der Waals surface area contributed by atoms with Crippen molar-refractivity contribution in [2.75, 3.05) is 19.6 Å². The number of rotatable bonds is 9. The van der Waals surface area contributed by atoms with Crippen LogP contribution in [0.1, 0.15) is 42.5 Å². The van der Waals surface area contributed by atoms with Gasteiger partial charge in [-0.15, -0.1) is 0 Å². The highest BCUT2D eigenvalue weighted by atomic mass is 16.2. The largest absolute Gasteiger partial charge is 0.354 e. The molecule has 2 N–H and O–H groups in total. The molecule has 0 aliphatic carbocycles. The van der Waals surface area contributed by atoms with Crippen LogP contribution < -0.4 is 10.6 Å². The molecule has 1 heterocycles. The molecule has 1 aliphatic rings. The van der Waals surface area contributed by atoms with Crippen molar-refractivity contribution in [3.63, 3.8) is 0 Å². The fourth-order valence-corrected chi connectivity index (χ4v) is 3.83. The minimum atomic E-state index is -0.351. The van der Waals surface area contributed by atoms with Gasteiger partial charge in [0.1, 0.15) is 0 Å². The van der Waals surface area contributed by atoms with E-state index in [2.05, 4.69) is 10.6 Å². The quantitative estimate of drug-likeness (QED) is 0.611. The molecule has 2 aromatic carbocycles. The predicted octanol–water partition coefficient (Wildman–Crippen LogP) is 2.77. The van der Waals surface area contributed by atoms with E-state index in [0.717, 1.165) is 11.1 Å². The van der Waals surface area contributed by atoms with Crippen molar-refractivity contribution >= 4 is 17.7 Å². The zero-order valence-corrected chi connectivity index (χ0v) is 18.3. The number of hydrogen-bond donors (Lipinski definition) is 2. The minimum absolute atomic E-state index is 0.000844. The Morgan fingerprint density at radius 2 is 1.71 bits per heavy atom. The number of benzene rings is 2. The molecule has 2 aromatic rings. The molecule has 1 fully saturated rings. The summed E-state index contributed by atoms with van der Waals surface area (Å²) in [6.07, 6.45) is 1.34. The van der Waals surface area contributed by atoms with Crippen molar-refractivity contribution < 1.29 is 14.4 Å². The lowest BCUT2D eigenvalue weighted by molar-refractivity contribution is -0.130. The van der Waals surface area contributed by atoms with Crippen LogP contribution in [0.4, 0.5) is 0 Å². The average Bonchev–Trinajstić information content (AvgIpc) is 3.18. The van der Waals surface area contributed by atoms with Gasteiger partial charge in [-0.1, -0.05) is 60.2 Å². The number of nitrogens with one attached hydrogen (secondary N) is 2. The maximum atomic E-state index is 12.5. The highest BCUT2D eigenvalue weighted by Crippen LogP contribution is 2.28. The van der Waals surface area contributed by atoms with Crippen LogP contribution in [0.25, 0.3) is 0 Å². The second kappa shape index (κ2) is 10.8. The molecule has 164 valence electrons. The van der Waals surface area contributed by atoms with Crippen molar-refractivity contribution in [3.05, 3.63) is 71.3 Å². The zero-order chi connectivity index (χ0) is 22.2. The van der Waals surface area contributed by atoms with E-state index in [1.807, 2.05) is 68.4 Å². The topological polar surface area (TPSA) is 78.5 Å². The first-order valence-electron chi connectivity index (χ1n) is 10.9. The molecule has 0 spiro atoms. The van der Waals surface area contributed by atoms with Crippen LogP contribution in [0.3, 0.4) is 0 Å². The Hall–Kier alpha value is -3.15. The van der Waals surface area contributed by atoms with E-state index in [1.165, 1.54) is 5.56 Å². The Kier molecular flexibility index (Phi) is 7.82. The van der Waals surface area contributed by atoms with Gasteiger partial charge in [0.05, 0.1) is 12.0 Å². The van der Waals surface area contributed by atoms with E-state index in [4.69, 9.17) is 0 Å². The smallest absolute Gasteiger partial charge is 0.225 e. The van der Waals surface area contributed by atoms with Gasteiger partial charge in [0, 0.05) is 32.5 Å². The lowest BCUT2D eigenvalue weighted by atomic mass is 10.1. The maximum Gasteiger partial charge on any atom is 0.225 e. The molecule has 31 heavy (non-hydrogen) atoms. The Bertz CT molecular complexity index is 896. The number of carbonyl (C=O) groups excluding carboxylic acids is 3. The number of amides is 3. The molecule has 6 nitrogen and oxygen atoms in total. The first-order chi connectivity index (χ1) is 14.9. The third-order valence-electron chi connectivity index (χ3n) is 5.79. The fourth-order valence-electron chi connectivity index (χ4n) is 3.83. The molecular formula is C25H31N3O3. The van der Waals surface area contributed by atoms with E-state index in [-0.39, 0.29) is 36.1 Å². The fraction of sp³-hybridized carbons (Fsp3) is 0.400. The SMILES string of the molecule is Cc1ccc(CCC(=O)NCCNC(=O)C2CC(=O)N(C(C)c3ccccc3)C2)cc1. The summed E-state index contributed by atoms with van der Waals surface area (Å²) < 4.78 is 0. The maximum absolute atomic E-state index is 12.5. The molecule has 0 radical (unpaired) electrons. The summed E-state index contributed by atoms with van der Waals surface area (Å²) in [7, 11) is 0. The van der Waals surface area contributed by atoms with Crippen molar-refractivity contribution in [3.8, 4) is 0 Å². The minimum Gasteiger partial charge on any atom is -0.354 e. The lowest BCUT2D eigenvalue weighted by Crippen LogP contribution is -2.38. The third kappa shape index (κ3) is 6.41. The molecule has 1 aliphatic heterocycles. The van der Waals surface area contributed by atoms with Crippen molar-refractivity contribution in [1.29, 1.82) is 0 Å². The van der Waals surface area contributed by atoms with Crippen LogP contribution in [0.2, 0.25) is 0 Å². The second-order valence-electron chi connectivity index (χ2n) is 8.16. The molecule has 3 rings (SSSR count). The third-order valence-corrected chi connectivity index (χ3v) is 5.79. The summed E-state index contributed by atoms with van der Waals surface area (Å²) in [6, 6.07) is 17.9. The van der Waals surface area contributed by atoms with E-state index in [0.29, 0.717) is 32.5 Å². The van der Waals surface area contributed by atoms with Crippen LogP contribution in [0.5, 0.6) is 0 Å². The Morgan fingerprint density at radius 1 is 1.03 bits per heavy atom. The molecule has 3 amide bonds. The van der Waals surface area contributed by atoms with Gasteiger partial charge in [-0.2, -0.15) is 0 Å². The van der Waals surface area contributed by atoms with E-state index >= 15 is 0 Å². The molecule has 0 saturated carbocycles. The van der Waals surface area contributed by atoms with Crippen LogP contribution in [-0.2, 0) is 20.8 Å². The summed E-state index contributed by atoms with van der Waals surface area (Å²) in [4.78, 5) is 38.7. The summed E-state index contributed by atoms with van der Waals surface area (Å²) >= 11 is 0. The molecule has 2 unspecified atom stereocenters. The standard InChI is InChI=1S/C25H31N3O3/c1-18-8-10-20(11-9-18)12-13-23(29)26-14-15-27-25(31)22-16-24(30)28(17-22)19(2)21-6-4-3-5-7-21/h3-11,19,22H,12-17H2,1-2H3,(H,26,29)(H,27,31). The Morgan fingerprint density at radius 3 is 2.42 bits per heavy atom. The highest BCUT2D eigenvalue weighted by molar-refractivity contribution is 5.89. The number of carbonyl (C=O) groups is 3. The summed E-state index contributed by atoms with van der Waals surface area (Å²) in [5, 5.41) is 5.68. The first kappa shape index (κ1) is 22.5. The molecule has 2 atom stereocenters. The number of aryl methyl sites for hydroxylation is 2. The Balaban J connectivity index is 1.35. The van der Waals surface area contributed by atoms with Crippen LogP contribution in [0, 0.1) is 12.8 Å². The molecule has 6 heteroatoms. The van der Waals surface area contributed by atoms with Gasteiger partial charge in [0.2, 0.25) is 17.7 Å². The Labute approximate surface area is 184 Å². The summed E-state index contributed by atoms with van der Waals surface area (Å²) in [5.41, 5.74) is 3.39. The van der Waals surface area contributed by atoms with Crippen molar-refractivity contribution in [1.82, 2.24) is 15.5 Å². The van der Waals surface area contributed by atoms with Gasteiger partial charge in [-0.05, 0) is 31.4 Å². The average molecular weight is 422 g/mol. The normalized spacial score (nSPS) is 16.8. The molecule has 0 bridgehead atoms. The zero-order valence-electron chi connectivity index (χ0n) is 18.3. The summed E-state index contributed by atoms with van der Waals surface area (Å²) in [5.74, 6) is -0.518. The molecule has 0 aromatic heterocycles. The van der Waals surface area contributed by atoms with E-state index < -0.39 is 0 Å². The lowest BCUT2D eigenvalue weighted by Gasteiger charge is -2.25. The highest BCUT2D eigenvalue weighted by Gasteiger charge is 2.36. The van der Waals surface area contributed by atoms with Gasteiger partial charge in [-0.3, -0.25) is 14.4 Å². The van der Waals surface area contributed by atoms with Crippen LogP contribution >= 0.6 is 0 Å². The van der Waals surface area contributed by atoms with E-state index in [9.17, 15) is 14.4 Å². The van der Waals surface area contributed by atoms with Crippen LogP contribution in [-0.4, -0.2) is 42.3 Å². The number of hydrogen-bond acceptors (Lipinski definition) is 3. The van der Waals surface area contributed by atoms with E-state index in [1.54, 1.807) is 4.90 Å². The van der Waals surface area contributed by atoms with Crippen molar-refractivity contribution in [2.24, 2.45) is 5.92 Å². The second-order valence-corrected chi connectivity index (χ2v) is 8.16. The number of likely N-dealkylation sites (tertiary alicyclic amines) is 1. The molecular weight excluding hydrogens is 390 g/mol. The summed E-state index contributed by atoms with van der Waals surface area (Å²) in [6.45, 7) is 5.17. The van der Waals surface area contributed by atoms with Gasteiger partial charge in [0.25, 0.3) is 0 Å². The van der Waals surface area contributed by atoms with Gasteiger partial charge in [0.15, 0.2) is 0 Å². The monoisotopic (exact) mass is 421 g/mol. The molecule has 1 saturated heterocycles. The van der Waals surface area contributed by atoms with Crippen LogP contribution in [0.15, 0.2) is 54.6 Å². The van der Waals surface area contributed by atoms with Gasteiger partial charge >= 0.3 is 0 Å². The predicted molar refractivity (Wildman–Crippen MR) is 120 cm³/mol. The first-order valence-corrected chi connectivity index (χ1v) is 10.9. The number of nitrogens with zero attached hydrogens (tertiary/aromatic N) is 1. The van der Waals surface area contributed by atoms with Gasteiger partial charge < -0.3 is 15.5 Å². The van der Waals surface area contributed by atoms with Crippen molar-refractivity contribution in [2.45, 2.75) is 39.2 Å². The van der Waals surface area contributed by atoms with Gasteiger partial charge in [-0.25, -0.2) is 0 Å².